The molecule has 2 rings (SSSR count). The summed E-state index contributed by atoms with van der Waals surface area (Å²) in [5, 5.41) is 3.89. The van der Waals surface area contributed by atoms with E-state index in [1.165, 1.54) is 5.56 Å². The van der Waals surface area contributed by atoms with Crippen molar-refractivity contribution in [3.8, 4) is 0 Å². The van der Waals surface area contributed by atoms with Crippen LogP contribution in [0.15, 0.2) is 41.2 Å². The van der Waals surface area contributed by atoms with Crippen LogP contribution in [0.25, 0.3) is 0 Å². The quantitative estimate of drug-likeness (QED) is 0.615. The molecule has 0 atom stereocenters. The highest BCUT2D eigenvalue weighted by molar-refractivity contribution is 6.28. The topological polar surface area (TPSA) is 41.9 Å². The second kappa shape index (κ2) is 5.69. The summed E-state index contributed by atoms with van der Waals surface area (Å²) in [6, 6.07) is 7.89. The molecule has 4 heteroatoms. The minimum atomic E-state index is -0.387. The zero-order valence-corrected chi connectivity index (χ0v) is 11.5. The molecule has 0 N–H and O–H groups in total. The predicted octanol–water partition coefficient (Wildman–Crippen LogP) is 2.48. The van der Waals surface area contributed by atoms with Crippen LogP contribution in [0.5, 0.6) is 0 Å². The van der Waals surface area contributed by atoms with E-state index in [1.54, 1.807) is 0 Å². The van der Waals surface area contributed by atoms with Crippen molar-refractivity contribution in [3.05, 3.63) is 47.2 Å². The molecule has 1 aromatic carbocycles. The lowest BCUT2D eigenvalue weighted by atomic mass is 10.0. The molecule has 1 aromatic rings. The first-order valence-electron chi connectivity index (χ1n) is 6.48. The average molecular weight is 258 g/mol. The molecule has 0 bridgehead atoms. The lowest BCUT2D eigenvalue weighted by Gasteiger charge is -2.15. The van der Waals surface area contributed by atoms with Crippen LogP contribution in [0.1, 0.15) is 25.0 Å². The summed E-state index contributed by atoms with van der Waals surface area (Å²) in [7, 11) is 0. The number of carbonyl (C=O) groups is 1. The van der Waals surface area contributed by atoms with E-state index >= 15 is 0 Å². The maximum absolute atomic E-state index is 11.8. The van der Waals surface area contributed by atoms with Gasteiger partial charge in [-0.1, -0.05) is 35.0 Å². The van der Waals surface area contributed by atoms with Gasteiger partial charge in [0.05, 0.1) is 0 Å². The summed E-state index contributed by atoms with van der Waals surface area (Å²) >= 11 is 0. The zero-order chi connectivity index (χ0) is 13.8. The molecule has 0 spiro atoms. The fourth-order valence-corrected chi connectivity index (χ4v) is 1.90. The largest absolute Gasteiger partial charge is 0.377 e. The Morgan fingerprint density at radius 2 is 1.84 bits per heavy atom. The van der Waals surface area contributed by atoms with Gasteiger partial charge in [0.2, 0.25) is 0 Å². The molecule has 0 unspecified atom stereocenters. The van der Waals surface area contributed by atoms with Crippen LogP contribution in [-0.2, 0) is 9.63 Å². The minimum Gasteiger partial charge on any atom is -0.377 e. The second-order valence-corrected chi connectivity index (χ2v) is 4.45. The van der Waals surface area contributed by atoms with Gasteiger partial charge in [-0.05, 0) is 20.8 Å². The summed E-state index contributed by atoms with van der Waals surface area (Å²) in [4.78, 5) is 18.6. The third-order valence-corrected chi connectivity index (χ3v) is 3.14. The van der Waals surface area contributed by atoms with Crippen molar-refractivity contribution in [2.45, 2.75) is 20.8 Å². The third-order valence-electron chi connectivity index (χ3n) is 3.14. The summed E-state index contributed by atoms with van der Waals surface area (Å²) in [6.45, 7) is 7.80. The van der Waals surface area contributed by atoms with Gasteiger partial charge < -0.3 is 9.74 Å². The van der Waals surface area contributed by atoms with Crippen molar-refractivity contribution < 1.29 is 9.63 Å². The van der Waals surface area contributed by atoms with Crippen LogP contribution in [0.3, 0.4) is 0 Å². The maximum Gasteiger partial charge on any atom is 0.369 e. The van der Waals surface area contributed by atoms with Crippen LogP contribution >= 0.6 is 0 Å². The Morgan fingerprint density at radius 3 is 2.42 bits per heavy atom. The first-order chi connectivity index (χ1) is 9.15. The van der Waals surface area contributed by atoms with Crippen LogP contribution in [-0.4, -0.2) is 29.7 Å². The number of aryl methyl sites for hydroxylation is 1. The van der Waals surface area contributed by atoms with Crippen molar-refractivity contribution in [1.29, 1.82) is 0 Å². The van der Waals surface area contributed by atoms with E-state index in [1.807, 2.05) is 56.1 Å². The van der Waals surface area contributed by atoms with Gasteiger partial charge in [0, 0.05) is 24.9 Å². The van der Waals surface area contributed by atoms with Crippen LogP contribution in [0.4, 0.5) is 0 Å². The molecule has 1 aliphatic rings. The number of hydrogen-bond acceptors (Lipinski definition) is 4. The molecular formula is C15H18N2O2. The van der Waals surface area contributed by atoms with E-state index in [9.17, 15) is 4.79 Å². The number of oxime groups is 1. The van der Waals surface area contributed by atoms with E-state index < -0.39 is 0 Å². The van der Waals surface area contributed by atoms with E-state index in [4.69, 9.17) is 4.84 Å². The standard InChI is InChI=1S/C15H18N2O2/c1-4-17(5-2)10-13-14(16-19-15(13)18)12-8-6-11(3)7-9-12/h6-10H,4-5H2,1-3H3. The zero-order valence-electron chi connectivity index (χ0n) is 11.5. The van der Waals surface area contributed by atoms with Crippen molar-refractivity contribution in [3.63, 3.8) is 0 Å². The van der Waals surface area contributed by atoms with E-state index in [0.717, 1.165) is 18.7 Å². The Balaban J connectivity index is 2.34. The lowest BCUT2D eigenvalue weighted by molar-refractivity contribution is -0.136. The highest BCUT2D eigenvalue weighted by Crippen LogP contribution is 2.19. The van der Waals surface area contributed by atoms with Gasteiger partial charge in [-0.15, -0.1) is 0 Å². The maximum atomic E-state index is 11.8. The van der Waals surface area contributed by atoms with Gasteiger partial charge >= 0.3 is 5.97 Å². The number of hydrogen-bond donors (Lipinski definition) is 0. The second-order valence-electron chi connectivity index (χ2n) is 4.45. The van der Waals surface area contributed by atoms with E-state index in [2.05, 4.69) is 5.16 Å². The Kier molecular flexibility index (Phi) is 4.00. The number of rotatable bonds is 4. The minimum absolute atomic E-state index is 0.387. The fraction of sp³-hybridized carbons (Fsp3) is 0.333. The predicted molar refractivity (Wildman–Crippen MR) is 74.8 cm³/mol. The Bertz CT molecular complexity index is 526. The summed E-state index contributed by atoms with van der Waals surface area (Å²) in [5.74, 6) is -0.387. The molecule has 0 saturated carbocycles. The number of benzene rings is 1. The van der Waals surface area contributed by atoms with Crippen molar-refractivity contribution in [2.24, 2.45) is 5.16 Å². The molecule has 0 saturated heterocycles. The van der Waals surface area contributed by atoms with Gasteiger partial charge in [0.1, 0.15) is 11.3 Å². The summed E-state index contributed by atoms with van der Waals surface area (Å²) in [6.07, 6.45) is 1.83. The van der Waals surface area contributed by atoms with Crippen molar-refractivity contribution >= 4 is 11.7 Å². The smallest absolute Gasteiger partial charge is 0.369 e. The normalized spacial score (nSPS) is 16.5. The monoisotopic (exact) mass is 258 g/mol. The van der Waals surface area contributed by atoms with Gasteiger partial charge in [0.15, 0.2) is 0 Å². The van der Waals surface area contributed by atoms with Crippen LogP contribution in [0.2, 0.25) is 0 Å². The van der Waals surface area contributed by atoms with Gasteiger partial charge in [-0.3, -0.25) is 0 Å². The summed E-state index contributed by atoms with van der Waals surface area (Å²) in [5.41, 5.74) is 3.20. The molecule has 1 aliphatic heterocycles. The van der Waals surface area contributed by atoms with Gasteiger partial charge in [-0.2, -0.15) is 0 Å². The van der Waals surface area contributed by atoms with Crippen LogP contribution in [0, 0.1) is 6.92 Å². The third kappa shape index (κ3) is 2.84. The van der Waals surface area contributed by atoms with Crippen molar-refractivity contribution in [2.75, 3.05) is 13.1 Å². The Hall–Kier alpha value is -2.10. The summed E-state index contributed by atoms with van der Waals surface area (Å²) < 4.78 is 0. The molecule has 19 heavy (non-hydrogen) atoms. The molecule has 0 fully saturated rings. The van der Waals surface area contributed by atoms with Gasteiger partial charge in [-0.25, -0.2) is 4.79 Å². The first-order valence-corrected chi connectivity index (χ1v) is 6.48. The molecule has 0 aliphatic carbocycles. The van der Waals surface area contributed by atoms with Crippen LogP contribution < -0.4 is 0 Å². The molecule has 0 aromatic heterocycles. The Labute approximate surface area is 113 Å². The fourth-order valence-electron chi connectivity index (χ4n) is 1.90. The van der Waals surface area contributed by atoms with E-state index in [0.29, 0.717) is 11.3 Å². The molecule has 4 nitrogen and oxygen atoms in total. The lowest BCUT2D eigenvalue weighted by Crippen LogP contribution is -2.19. The van der Waals surface area contributed by atoms with Gasteiger partial charge in [0.25, 0.3) is 0 Å². The highest BCUT2D eigenvalue weighted by atomic mass is 16.7. The average Bonchev–Trinajstić information content (AvgIpc) is 2.78. The first kappa shape index (κ1) is 13.3. The van der Waals surface area contributed by atoms with E-state index in [-0.39, 0.29) is 5.97 Å². The Morgan fingerprint density at radius 1 is 1.21 bits per heavy atom. The number of carbonyl (C=O) groups excluding carboxylic acids is 1. The molecule has 0 radical (unpaired) electrons. The molecular weight excluding hydrogens is 240 g/mol. The molecule has 1 heterocycles. The number of nitrogens with zero attached hydrogens (tertiary/aromatic N) is 2. The van der Waals surface area contributed by atoms with Crippen molar-refractivity contribution in [1.82, 2.24) is 4.90 Å². The molecule has 0 amide bonds. The highest BCUT2D eigenvalue weighted by Gasteiger charge is 2.27. The SMILES string of the molecule is CCN(C=C1C(=O)ON=C1c1ccc(C)cc1)CC. The molecule has 100 valence electrons.